The fourth-order valence-corrected chi connectivity index (χ4v) is 4.67. The number of benzene rings is 2. The number of nitrogens with zero attached hydrogens (tertiary/aromatic N) is 2. The van der Waals surface area contributed by atoms with Crippen molar-refractivity contribution in [3.63, 3.8) is 0 Å². The van der Waals surface area contributed by atoms with Gasteiger partial charge in [0.1, 0.15) is 4.83 Å². The summed E-state index contributed by atoms with van der Waals surface area (Å²) >= 11 is 3.02. The zero-order valence-electron chi connectivity index (χ0n) is 15.0. The van der Waals surface area contributed by atoms with E-state index in [1.54, 1.807) is 11.3 Å². The van der Waals surface area contributed by atoms with Crippen molar-refractivity contribution in [3.8, 4) is 11.3 Å². The molecule has 4 nitrogen and oxygen atoms in total. The number of fused-ring (bicyclic) bond motifs is 2. The average Bonchev–Trinajstić information content (AvgIpc) is 3.32. The van der Waals surface area contributed by atoms with Crippen molar-refractivity contribution in [1.29, 1.82) is 0 Å². The van der Waals surface area contributed by atoms with E-state index in [0.717, 1.165) is 43.1 Å². The van der Waals surface area contributed by atoms with E-state index in [9.17, 15) is 4.79 Å². The number of carbonyl (C=O) groups is 1. The number of nitrogens with one attached hydrogen (secondary N) is 1. The number of anilines is 1. The molecule has 1 amide bonds. The molecule has 0 bridgehead atoms. The first-order valence-electron chi connectivity index (χ1n) is 8.79. The van der Waals surface area contributed by atoms with Gasteiger partial charge < -0.3 is 5.32 Å². The highest BCUT2D eigenvalue weighted by Crippen LogP contribution is 2.29. The van der Waals surface area contributed by atoms with Gasteiger partial charge in [-0.15, -0.1) is 22.7 Å². The number of rotatable bonds is 3. The summed E-state index contributed by atoms with van der Waals surface area (Å²) in [6.07, 6.45) is 0. The molecule has 0 spiro atoms. The molecule has 0 aliphatic heterocycles. The molecule has 136 valence electrons. The Bertz CT molecular complexity index is 1280. The molecule has 0 fully saturated rings. The molecule has 1 N–H and O–H groups in total. The maximum Gasteiger partial charge on any atom is 0.265 e. The molecule has 5 rings (SSSR count). The van der Waals surface area contributed by atoms with E-state index in [4.69, 9.17) is 0 Å². The van der Waals surface area contributed by atoms with Gasteiger partial charge in [0.25, 0.3) is 5.91 Å². The maximum atomic E-state index is 12.8. The molecule has 0 saturated heterocycles. The summed E-state index contributed by atoms with van der Waals surface area (Å²) in [6, 6.07) is 19.7. The Kier molecular flexibility index (Phi) is 4.15. The Morgan fingerprint density at radius 1 is 0.964 bits per heavy atom. The second-order valence-corrected chi connectivity index (χ2v) is 8.57. The third-order valence-corrected chi connectivity index (χ3v) is 6.29. The number of aryl methyl sites for hydroxylation is 1. The van der Waals surface area contributed by atoms with Crippen LogP contribution in [0.25, 0.3) is 32.4 Å². The van der Waals surface area contributed by atoms with Gasteiger partial charge in [0, 0.05) is 27.4 Å². The van der Waals surface area contributed by atoms with Gasteiger partial charge in [0.15, 0.2) is 0 Å². The third-order valence-electron chi connectivity index (χ3n) is 4.47. The molecule has 2 aromatic carbocycles. The second-order valence-electron chi connectivity index (χ2n) is 6.47. The van der Waals surface area contributed by atoms with Crippen LogP contribution in [0.3, 0.4) is 0 Å². The highest BCUT2D eigenvalue weighted by atomic mass is 32.1. The molecular weight excluding hydrogens is 386 g/mol. The standard InChI is InChI=1S/C22H15N3OS2/c1-13-23-19(12-27-13)15-6-4-7-17(10-15)24-21(26)20-11-16-9-14-5-2-3-8-18(14)25-22(16)28-20/h2-12H,1H3,(H,24,26). The van der Waals surface area contributed by atoms with Crippen molar-refractivity contribution in [3.05, 3.63) is 75.9 Å². The minimum absolute atomic E-state index is 0.126. The highest BCUT2D eigenvalue weighted by molar-refractivity contribution is 7.20. The fourth-order valence-electron chi connectivity index (χ4n) is 3.13. The number of pyridine rings is 1. The molecule has 0 radical (unpaired) electrons. The van der Waals surface area contributed by atoms with Crippen LogP contribution in [0.4, 0.5) is 5.69 Å². The lowest BCUT2D eigenvalue weighted by Crippen LogP contribution is -2.09. The summed E-state index contributed by atoms with van der Waals surface area (Å²) in [4.78, 5) is 23.5. The van der Waals surface area contributed by atoms with Gasteiger partial charge >= 0.3 is 0 Å². The topological polar surface area (TPSA) is 54.9 Å². The van der Waals surface area contributed by atoms with Crippen LogP contribution in [0.2, 0.25) is 0 Å². The minimum atomic E-state index is -0.126. The van der Waals surface area contributed by atoms with E-state index in [-0.39, 0.29) is 5.91 Å². The summed E-state index contributed by atoms with van der Waals surface area (Å²) in [6.45, 7) is 1.98. The van der Waals surface area contributed by atoms with Crippen LogP contribution < -0.4 is 5.32 Å². The van der Waals surface area contributed by atoms with Gasteiger partial charge in [-0.2, -0.15) is 0 Å². The smallest absolute Gasteiger partial charge is 0.265 e. The first-order valence-corrected chi connectivity index (χ1v) is 10.5. The molecule has 0 aliphatic rings. The Hall–Kier alpha value is -3.09. The summed E-state index contributed by atoms with van der Waals surface area (Å²) in [5.41, 5.74) is 3.61. The lowest BCUT2D eigenvalue weighted by Gasteiger charge is -2.05. The Morgan fingerprint density at radius 3 is 2.71 bits per heavy atom. The number of thiophene rings is 1. The van der Waals surface area contributed by atoms with Crippen LogP contribution in [0, 0.1) is 6.92 Å². The number of hydrogen-bond acceptors (Lipinski definition) is 5. The van der Waals surface area contributed by atoms with E-state index in [1.165, 1.54) is 11.3 Å². The van der Waals surface area contributed by atoms with E-state index >= 15 is 0 Å². The molecule has 3 aromatic heterocycles. The maximum absolute atomic E-state index is 12.8. The molecule has 0 unspecified atom stereocenters. The van der Waals surface area contributed by atoms with Gasteiger partial charge in [-0.25, -0.2) is 9.97 Å². The summed E-state index contributed by atoms with van der Waals surface area (Å²) < 4.78 is 0. The molecule has 5 aromatic rings. The van der Waals surface area contributed by atoms with Crippen molar-refractivity contribution in [1.82, 2.24) is 9.97 Å². The monoisotopic (exact) mass is 401 g/mol. The minimum Gasteiger partial charge on any atom is -0.321 e. The van der Waals surface area contributed by atoms with Gasteiger partial charge in [-0.1, -0.05) is 30.3 Å². The van der Waals surface area contributed by atoms with Gasteiger partial charge in [-0.3, -0.25) is 4.79 Å². The first kappa shape index (κ1) is 17.0. The van der Waals surface area contributed by atoms with Crippen LogP contribution in [-0.4, -0.2) is 15.9 Å². The van der Waals surface area contributed by atoms with Crippen LogP contribution in [0.15, 0.2) is 66.0 Å². The van der Waals surface area contributed by atoms with Gasteiger partial charge in [0.2, 0.25) is 0 Å². The molecule has 3 heterocycles. The first-order chi connectivity index (χ1) is 13.7. The molecular formula is C22H15N3OS2. The van der Waals surface area contributed by atoms with E-state index in [2.05, 4.69) is 21.4 Å². The van der Waals surface area contributed by atoms with E-state index in [0.29, 0.717) is 4.88 Å². The zero-order valence-corrected chi connectivity index (χ0v) is 16.6. The van der Waals surface area contributed by atoms with E-state index in [1.807, 2.05) is 66.9 Å². The quantitative estimate of drug-likeness (QED) is 0.395. The van der Waals surface area contributed by atoms with Crippen LogP contribution in [0.5, 0.6) is 0 Å². The van der Waals surface area contributed by atoms with Crippen LogP contribution >= 0.6 is 22.7 Å². The van der Waals surface area contributed by atoms with Crippen molar-refractivity contribution in [2.24, 2.45) is 0 Å². The number of thiazole rings is 1. The van der Waals surface area contributed by atoms with E-state index < -0.39 is 0 Å². The highest BCUT2D eigenvalue weighted by Gasteiger charge is 2.13. The average molecular weight is 402 g/mol. The zero-order chi connectivity index (χ0) is 19.1. The van der Waals surface area contributed by atoms with Crippen LogP contribution in [0.1, 0.15) is 14.7 Å². The predicted octanol–water partition coefficient (Wildman–Crippen LogP) is 6.13. The third kappa shape index (κ3) is 3.17. The number of carbonyl (C=O) groups excluding carboxylic acids is 1. The van der Waals surface area contributed by atoms with Crippen LogP contribution in [-0.2, 0) is 0 Å². The lowest BCUT2D eigenvalue weighted by molar-refractivity contribution is 0.103. The number of hydrogen-bond donors (Lipinski definition) is 1. The Morgan fingerprint density at radius 2 is 1.86 bits per heavy atom. The Labute approximate surface area is 169 Å². The predicted molar refractivity (Wildman–Crippen MR) is 117 cm³/mol. The number of aromatic nitrogens is 2. The molecule has 0 atom stereocenters. The molecule has 28 heavy (non-hydrogen) atoms. The molecule has 0 aliphatic carbocycles. The normalized spacial score (nSPS) is 11.2. The lowest BCUT2D eigenvalue weighted by atomic mass is 10.1. The fraction of sp³-hybridized carbons (Fsp3) is 0.0455. The van der Waals surface area contributed by atoms with Crippen molar-refractivity contribution in [2.45, 2.75) is 6.92 Å². The second kappa shape index (κ2) is 6.82. The van der Waals surface area contributed by atoms with Crippen molar-refractivity contribution < 1.29 is 4.79 Å². The van der Waals surface area contributed by atoms with Crippen molar-refractivity contribution >= 4 is 55.4 Å². The van der Waals surface area contributed by atoms with Gasteiger partial charge in [-0.05, 0) is 37.3 Å². The largest absolute Gasteiger partial charge is 0.321 e. The summed E-state index contributed by atoms with van der Waals surface area (Å²) in [5, 5.41) is 8.11. The molecule has 0 saturated carbocycles. The summed E-state index contributed by atoms with van der Waals surface area (Å²) in [7, 11) is 0. The Balaban J connectivity index is 1.44. The molecule has 6 heteroatoms. The number of amides is 1. The van der Waals surface area contributed by atoms with Gasteiger partial charge in [0.05, 0.1) is 21.1 Å². The van der Waals surface area contributed by atoms with Crippen molar-refractivity contribution in [2.75, 3.05) is 5.32 Å². The SMILES string of the molecule is Cc1nc(-c2cccc(NC(=O)c3cc4cc5ccccc5nc4s3)c2)cs1. The number of para-hydroxylation sites is 1. The summed E-state index contributed by atoms with van der Waals surface area (Å²) in [5.74, 6) is -0.126.